The number of aryl methyl sites for hydroxylation is 1. The Morgan fingerprint density at radius 1 is 0.582 bits per heavy atom. The molecule has 110 heavy (non-hydrogen) atoms. The summed E-state index contributed by atoms with van der Waals surface area (Å²) in [5.41, 5.74) is 5.33. The lowest BCUT2D eigenvalue weighted by Gasteiger charge is -2.41. The number of hydrogen-bond acceptors (Lipinski definition) is 19. The minimum absolute atomic E-state index is 0. The fourth-order valence-electron chi connectivity index (χ4n) is 13.0. The van der Waals surface area contributed by atoms with Crippen LogP contribution in [0.4, 0.5) is 48.3 Å². The van der Waals surface area contributed by atoms with E-state index in [1.54, 1.807) is 79.0 Å². The number of benzene rings is 6. The predicted octanol–water partition coefficient (Wildman–Crippen LogP) is 13.2. The molecule has 4 aliphatic heterocycles. The maximum atomic E-state index is 13.9. The summed E-state index contributed by atoms with van der Waals surface area (Å²) in [4.78, 5) is 80.5. The molecular weight excluding hydrogens is 1580 g/mol. The Kier molecular flexibility index (Phi) is 25.0. The molecule has 0 spiro atoms. The van der Waals surface area contributed by atoms with Gasteiger partial charge in [0.1, 0.15) is 47.4 Å². The monoisotopic (exact) mass is 1660 g/mol. The van der Waals surface area contributed by atoms with Gasteiger partial charge in [-0.2, -0.15) is 0 Å². The minimum atomic E-state index is -4.12. The molecule has 4 aliphatic rings. The van der Waals surface area contributed by atoms with Gasteiger partial charge in [-0.05, 0) is 161 Å². The van der Waals surface area contributed by atoms with Crippen LogP contribution in [0.3, 0.4) is 0 Å². The summed E-state index contributed by atoms with van der Waals surface area (Å²) >= 11 is 25.9. The van der Waals surface area contributed by atoms with Crippen LogP contribution in [0.2, 0.25) is 20.1 Å². The zero-order valence-electron chi connectivity index (χ0n) is 59.2. The number of piperazine rings is 3. The highest BCUT2D eigenvalue weighted by atomic mass is 35.5. The van der Waals surface area contributed by atoms with Gasteiger partial charge < -0.3 is 43.6 Å². The maximum absolute atomic E-state index is 13.9. The predicted molar refractivity (Wildman–Crippen MR) is 432 cm³/mol. The number of rotatable bonds is 19. The Balaban J connectivity index is 0.000000234. The Bertz CT molecular complexity index is 5380. The topological polar surface area (TPSA) is 295 Å². The van der Waals surface area contributed by atoms with E-state index in [0.717, 1.165) is 59.1 Å². The van der Waals surface area contributed by atoms with Crippen molar-refractivity contribution in [3.05, 3.63) is 219 Å². The number of carbonyl (C=O) groups is 4. The van der Waals surface area contributed by atoms with Gasteiger partial charge in [-0.25, -0.2) is 54.0 Å². The molecular formula is C74H83Cl4F2N15O11S4. The third-order valence-electron chi connectivity index (χ3n) is 18.8. The van der Waals surface area contributed by atoms with Crippen LogP contribution in [0.25, 0.3) is 10.9 Å². The van der Waals surface area contributed by atoms with E-state index in [0.29, 0.717) is 79.2 Å². The molecule has 3 N–H and O–H groups in total. The molecule has 0 aliphatic carbocycles. The van der Waals surface area contributed by atoms with Crippen molar-refractivity contribution in [2.75, 3.05) is 112 Å². The Labute approximate surface area is 665 Å². The van der Waals surface area contributed by atoms with Crippen molar-refractivity contribution in [3.63, 3.8) is 0 Å². The first-order chi connectivity index (χ1) is 52.6. The number of fused-ring (bicyclic) bond motifs is 2. The molecule has 14 rings (SSSR count). The number of nitrogens with zero attached hydrogens (tertiary/aromatic N) is 12. The van der Waals surface area contributed by atoms with E-state index in [4.69, 9.17) is 51.1 Å². The highest BCUT2D eigenvalue weighted by Gasteiger charge is 2.35. The van der Waals surface area contributed by atoms with Gasteiger partial charge in [0.05, 0.1) is 36.4 Å². The van der Waals surface area contributed by atoms with Gasteiger partial charge in [0, 0.05) is 142 Å². The Morgan fingerprint density at radius 2 is 1.16 bits per heavy atom. The van der Waals surface area contributed by atoms with Crippen LogP contribution in [0.5, 0.6) is 5.75 Å². The van der Waals surface area contributed by atoms with Crippen LogP contribution >= 0.6 is 57.7 Å². The highest BCUT2D eigenvalue weighted by molar-refractivity contribution is 7.93. The molecule has 26 nitrogen and oxygen atoms in total. The van der Waals surface area contributed by atoms with Crippen LogP contribution in [0, 0.1) is 11.6 Å². The quantitative estimate of drug-likeness (QED) is 0.0677. The summed E-state index contributed by atoms with van der Waals surface area (Å²) < 4.78 is 117. The Morgan fingerprint density at radius 3 is 1.75 bits per heavy atom. The number of halogens is 6. The summed E-state index contributed by atoms with van der Waals surface area (Å²) in [6, 6.07) is 38.6. The lowest BCUT2D eigenvalue weighted by molar-refractivity contribution is -0.142. The van der Waals surface area contributed by atoms with Gasteiger partial charge in [-0.15, -0.1) is 11.3 Å². The van der Waals surface area contributed by atoms with Crippen molar-refractivity contribution in [1.82, 2.24) is 39.2 Å². The fraction of sp³-hybridized carbons (Fsp3) is 0.270. The molecule has 8 heterocycles. The van der Waals surface area contributed by atoms with E-state index in [1.807, 2.05) is 81.6 Å². The van der Waals surface area contributed by atoms with E-state index in [-0.39, 0.29) is 98.9 Å². The van der Waals surface area contributed by atoms with Gasteiger partial charge in [0.25, 0.3) is 36.0 Å². The normalized spacial score (nSPS) is 15.6. The smallest absolute Gasteiger partial charge is 0.263 e. The molecule has 6 aromatic carbocycles. The lowest BCUT2D eigenvalue weighted by atomic mass is 10.00. The van der Waals surface area contributed by atoms with Crippen LogP contribution in [-0.2, 0) is 55.7 Å². The molecule has 0 saturated carbocycles. The van der Waals surface area contributed by atoms with E-state index in [9.17, 15) is 53.2 Å². The second kappa shape index (κ2) is 34.5. The van der Waals surface area contributed by atoms with Crippen LogP contribution < -0.4 is 38.5 Å². The summed E-state index contributed by atoms with van der Waals surface area (Å²) in [7, 11) is -11.7. The number of pyridine rings is 1. The van der Waals surface area contributed by atoms with Gasteiger partial charge in [0.2, 0.25) is 17.7 Å². The minimum Gasteiger partial charge on any atom is -0.479 e. The van der Waals surface area contributed by atoms with Gasteiger partial charge in [-0.3, -0.25) is 33.3 Å². The first kappa shape index (κ1) is 79.6. The molecule has 586 valence electrons. The number of hydrogen-bond donors (Lipinski definition) is 3. The van der Waals surface area contributed by atoms with Crippen LogP contribution in [-0.4, -0.2) is 179 Å². The zero-order valence-corrected chi connectivity index (χ0v) is 65.5. The average Bonchev–Trinajstić information content (AvgIpc) is 1.68. The van der Waals surface area contributed by atoms with Crippen LogP contribution in [0.1, 0.15) is 45.9 Å². The van der Waals surface area contributed by atoms with E-state index in [1.165, 1.54) is 70.2 Å². The van der Waals surface area contributed by atoms with Crippen molar-refractivity contribution in [3.8, 4) is 5.75 Å². The number of para-hydroxylation sites is 1. The number of aromatic nitrogens is 5. The maximum Gasteiger partial charge on any atom is 0.263 e. The summed E-state index contributed by atoms with van der Waals surface area (Å²) in [5, 5.41) is 4.78. The number of amides is 4. The number of nitrogens with one attached hydrogen (secondary N) is 3. The van der Waals surface area contributed by atoms with Gasteiger partial charge in [-0.1, -0.05) is 64.6 Å². The van der Waals surface area contributed by atoms with Crippen molar-refractivity contribution in [2.24, 2.45) is 0 Å². The molecule has 0 bridgehead atoms. The van der Waals surface area contributed by atoms with Crippen molar-refractivity contribution >= 4 is 162 Å². The number of ether oxygens (including phenoxy) is 1. The molecule has 3 saturated heterocycles. The molecule has 10 aromatic rings. The summed E-state index contributed by atoms with van der Waals surface area (Å²) in [6.45, 7) is 11.4. The fourth-order valence-corrected chi connectivity index (χ4v) is 17.6. The molecule has 1 unspecified atom stereocenters. The largest absolute Gasteiger partial charge is 0.479 e. The van der Waals surface area contributed by atoms with E-state index < -0.39 is 53.6 Å². The number of thiazole rings is 1. The number of anilines is 7. The summed E-state index contributed by atoms with van der Waals surface area (Å²) in [5.74, 6) is -2.63. The first-order valence-electron chi connectivity index (χ1n) is 34.5. The van der Waals surface area contributed by atoms with E-state index in [2.05, 4.69) is 44.1 Å². The number of sulfonamides is 3. The Hall–Kier alpha value is -9.93. The second-order valence-corrected chi connectivity index (χ2v) is 33.3. The summed E-state index contributed by atoms with van der Waals surface area (Å²) in [6.07, 6.45) is 7.93. The molecule has 0 radical (unpaired) electrons. The van der Waals surface area contributed by atoms with Crippen molar-refractivity contribution < 1.29 is 65.1 Å². The molecule has 3 fully saturated rings. The SMILES string of the molecule is CC(C(=O)N1CCN(c2ccc(S(=O)(=O)Nc3ccncn3)cc2)CC1)n1ccc2cccc(Cl)c21.C[C@H](C(=O)N1CCN(c2ccc(S(=O)(=O)Nc3ncc(F)cc3F)cc2)CC1)N1CCCc2cc(Cl)ccc21.C[C@H](Oc1cccc(Cl)c1Cl)C(=O)N1CCN(c2ccc(S(=O)(=O)Nc3nccs3)cc2)C(=O)C1.[HH].[HH].[HH].[HH].[HH]. The van der Waals surface area contributed by atoms with Crippen molar-refractivity contribution in [1.29, 1.82) is 0 Å². The van der Waals surface area contributed by atoms with Gasteiger partial charge >= 0.3 is 0 Å². The number of carbonyl (C=O) groups excluding carboxylic acids is 4. The van der Waals surface area contributed by atoms with Gasteiger partial charge in [0.15, 0.2) is 22.9 Å². The van der Waals surface area contributed by atoms with Crippen molar-refractivity contribution in [2.45, 2.75) is 66.5 Å². The third-order valence-corrected chi connectivity index (χ3v) is 25.0. The highest BCUT2D eigenvalue weighted by Crippen LogP contribution is 2.36. The zero-order chi connectivity index (χ0) is 78.2. The second-order valence-electron chi connectivity index (χ2n) is 25.8. The lowest BCUT2D eigenvalue weighted by Crippen LogP contribution is -2.55. The average molecular weight is 1670 g/mol. The standard InChI is InChI=1S/C27H28ClF2N5O3S.C25H25ClN6O3S.C22H20Cl2N4O5S2.5H2/c1-18(35-10-2-3-19-15-20(28)4-9-25(19)35)27(36)34-13-11-33(12-14-34)22-5-7-23(8-6-22)39(37,38)32-26-24(30)16-21(29)17-31-26;1-18(32-12-10-19-3-2-4-22(26)24(19)32)25(33)31-15-13-30(14-16-31)20-5-7-21(8-6-20)36(34,35)29-23-9-11-27-17-28-23;1-14(33-18-4-2-3-17(23)20(18)24)21(30)27-10-11-28(19(29)13-27)15-5-7-16(8-6-15)35(31,32)26-22-25-9-12-34-22;;;;;/h4-9,15-18H,2-3,10-14H2,1H3,(H,31,32);2-12,17-18H,13-16H2,1H3,(H,27,28,29);2-9,12,14H,10-11,13H2,1H3,(H,25,26);5*1H/t18-;;14-;;;;;/m1.0...../s1. The third kappa shape index (κ3) is 18.7. The molecule has 3 atom stereocenters. The molecule has 36 heteroatoms. The molecule has 4 amide bonds. The van der Waals surface area contributed by atoms with Crippen LogP contribution in [0.15, 0.2) is 197 Å². The first-order valence-corrected chi connectivity index (χ1v) is 41.4. The molecule has 4 aromatic heterocycles. The van der Waals surface area contributed by atoms with E-state index >= 15 is 0 Å².